The molecule has 0 N–H and O–H groups in total. The van der Waals surface area contributed by atoms with Gasteiger partial charge >= 0.3 is 0 Å². The van der Waals surface area contributed by atoms with Crippen molar-refractivity contribution in [3.63, 3.8) is 0 Å². The van der Waals surface area contributed by atoms with Gasteiger partial charge in [0.1, 0.15) is 5.15 Å². The summed E-state index contributed by atoms with van der Waals surface area (Å²) in [5, 5.41) is 1.85. The summed E-state index contributed by atoms with van der Waals surface area (Å²) in [5.74, 6) is 1.38. The number of ether oxygens (including phenoxy) is 2. The molecule has 2 heterocycles. The minimum atomic E-state index is 0.231. The van der Waals surface area contributed by atoms with Crippen molar-refractivity contribution in [3.8, 4) is 0 Å². The number of pyridine rings is 1. The third-order valence-electron chi connectivity index (χ3n) is 2.15. The van der Waals surface area contributed by atoms with Crippen molar-refractivity contribution < 1.29 is 9.47 Å². The minimum Gasteiger partial charge on any atom is -0.454 e. The molecule has 0 radical (unpaired) electrons. The third-order valence-corrected chi connectivity index (χ3v) is 2.48. The van der Waals surface area contributed by atoms with E-state index < -0.39 is 0 Å². The van der Waals surface area contributed by atoms with E-state index in [1.54, 1.807) is 6.20 Å². The summed E-state index contributed by atoms with van der Waals surface area (Å²) in [6.07, 6.45) is 3.46. The molecule has 78 valence electrons. The van der Waals surface area contributed by atoms with Crippen LogP contribution < -0.4 is 10.4 Å². The second-order valence-corrected chi connectivity index (χ2v) is 3.37. The first-order chi connectivity index (χ1) is 7.24. The second-order valence-electron chi connectivity index (χ2n) is 3.02. The lowest BCUT2D eigenvalue weighted by Crippen LogP contribution is -2.27. The van der Waals surface area contributed by atoms with Gasteiger partial charge in [0.05, 0.1) is 0 Å². The molecule has 1 saturated heterocycles. The molecule has 1 aliphatic rings. The van der Waals surface area contributed by atoms with Gasteiger partial charge in [-0.2, -0.15) is 0 Å². The lowest BCUT2D eigenvalue weighted by atomic mass is 10.2. The molecule has 4 heteroatoms. The van der Waals surface area contributed by atoms with Crippen LogP contribution in [-0.4, -0.2) is 11.8 Å². The van der Waals surface area contributed by atoms with Gasteiger partial charge in [0.2, 0.25) is 6.79 Å². The average Bonchev–Trinajstić information content (AvgIpc) is 2.70. The van der Waals surface area contributed by atoms with Crippen LogP contribution >= 0.6 is 11.6 Å². The second kappa shape index (κ2) is 3.95. The van der Waals surface area contributed by atoms with E-state index in [0.717, 1.165) is 5.22 Å². The molecule has 0 spiro atoms. The van der Waals surface area contributed by atoms with Crippen LogP contribution in [0.2, 0.25) is 5.15 Å². The van der Waals surface area contributed by atoms with E-state index in [9.17, 15) is 0 Å². The standard InChI is InChI=1S/C11H10ClNO2/c1-3-9-10(15-6-14-9)8-4-5-13-11(12)7(8)2/h3-5H,2,6H2,1H3/b9-3+,10-8+. The Morgan fingerprint density at radius 2 is 2.33 bits per heavy atom. The number of allylic oxidation sites excluding steroid dienone is 1. The van der Waals surface area contributed by atoms with Crippen LogP contribution in [0.3, 0.4) is 0 Å². The fraction of sp³-hybridized carbons (Fsp3) is 0.182. The molecule has 3 nitrogen and oxygen atoms in total. The normalized spacial score (nSPS) is 21.3. The topological polar surface area (TPSA) is 31.4 Å². The zero-order valence-electron chi connectivity index (χ0n) is 8.29. The molecule has 0 aromatic carbocycles. The van der Waals surface area contributed by atoms with E-state index in [1.807, 2.05) is 19.1 Å². The molecule has 15 heavy (non-hydrogen) atoms. The van der Waals surface area contributed by atoms with E-state index in [0.29, 0.717) is 21.9 Å². The Balaban J connectivity index is 2.76. The average molecular weight is 224 g/mol. The Morgan fingerprint density at radius 1 is 1.53 bits per heavy atom. The molecule has 1 aromatic rings. The summed E-state index contributed by atoms with van der Waals surface area (Å²) in [6, 6.07) is 1.81. The van der Waals surface area contributed by atoms with E-state index in [1.165, 1.54) is 0 Å². The summed E-state index contributed by atoms with van der Waals surface area (Å²) in [6.45, 7) is 5.97. The number of halogens is 1. The Bertz CT molecular complexity index is 522. The summed E-state index contributed by atoms with van der Waals surface area (Å²) in [4.78, 5) is 3.94. The first-order valence-corrected chi connectivity index (χ1v) is 4.88. The summed E-state index contributed by atoms with van der Waals surface area (Å²) in [7, 11) is 0. The monoisotopic (exact) mass is 223 g/mol. The molecule has 0 atom stereocenters. The minimum absolute atomic E-state index is 0.231. The molecule has 0 aliphatic carbocycles. The van der Waals surface area contributed by atoms with Gasteiger partial charge < -0.3 is 9.47 Å². The van der Waals surface area contributed by atoms with Crippen molar-refractivity contribution in [2.24, 2.45) is 0 Å². The van der Waals surface area contributed by atoms with E-state index in [4.69, 9.17) is 21.1 Å². The maximum atomic E-state index is 5.88. The molecule has 0 bridgehead atoms. The molecule has 0 saturated carbocycles. The van der Waals surface area contributed by atoms with Crippen molar-refractivity contribution in [1.82, 2.24) is 4.98 Å². The summed E-state index contributed by atoms with van der Waals surface area (Å²) >= 11 is 5.88. The highest BCUT2D eigenvalue weighted by atomic mass is 35.5. The highest BCUT2D eigenvalue weighted by molar-refractivity contribution is 6.29. The Morgan fingerprint density at radius 3 is 3.07 bits per heavy atom. The Kier molecular flexibility index (Phi) is 2.64. The van der Waals surface area contributed by atoms with E-state index in [-0.39, 0.29) is 6.79 Å². The van der Waals surface area contributed by atoms with Crippen LogP contribution in [0, 0.1) is 0 Å². The van der Waals surface area contributed by atoms with Gasteiger partial charge in [0, 0.05) is 16.6 Å². The smallest absolute Gasteiger partial charge is 0.231 e. The zero-order chi connectivity index (χ0) is 10.8. The van der Waals surface area contributed by atoms with Crippen LogP contribution in [0.1, 0.15) is 6.92 Å². The molecule has 0 unspecified atom stereocenters. The zero-order valence-corrected chi connectivity index (χ0v) is 9.04. The number of nitrogens with zero attached hydrogens (tertiary/aromatic N) is 1. The van der Waals surface area contributed by atoms with Gasteiger partial charge in [0.25, 0.3) is 0 Å². The molecule has 2 rings (SSSR count). The first-order valence-electron chi connectivity index (χ1n) is 4.50. The highest BCUT2D eigenvalue weighted by Crippen LogP contribution is 2.19. The molecule has 1 aromatic heterocycles. The van der Waals surface area contributed by atoms with Crippen molar-refractivity contribution in [1.29, 1.82) is 0 Å². The summed E-state index contributed by atoms with van der Waals surface area (Å²) in [5.41, 5.74) is 0. The number of hydrogen-bond acceptors (Lipinski definition) is 3. The lowest BCUT2D eigenvalue weighted by Gasteiger charge is -1.97. The third kappa shape index (κ3) is 1.70. The number of hydrogen-bond donors (Lipinski definition) is 0. The predicted octanol–water partition coefficient (Wildman–Crippen LogP) is 1.16. The van der Waals surface area contributed by atoms with Gasteiger partial charge in [-0.1, -0.05) is 18.2 Å². The molecular weight excluding hydrogens is 214 g/mol. The maximum Gasteiger partial charge on any atom is 0.231 e. The molecule has 1 fully saturated rings. The molecular formula is C11H10ClNO2. The van der Waals surface area contributed by atoms with Gasteiger partial charge in [-0.15, -0.1) is 0 Å². The van der Waals surface area contributed by atoms with Crippen LogP contribution in [-0.2, 0) is 9.47 Å². The summed E-state index contributed by atoms with van der Waals surface area (Å²) < 4.78 is 10.7. The van der Waals surface area contributed by atoms with Gasteiger partial charge in [-0.3, -0.25) is 0 Å². The quantitative estimate of drug-likeness (QED) is 0.619. The lowest BCUT2D eigenvalue weighted by molar-refractivity contribution is 0.109. The SMILES string of the molecule is C=c1c(Cl)ncc/c1=C1\OCO\C1=C\C. The van der Waals surface area contributed by atoms with Crippen molar-refractivity contribution in [2.45, 2.75) is 6.92 Å². The van der Waals surface area contributed by atoms with Crippen LogP contribution in [0.4, 0.5) is 0 Å². The first kappa shape index (κ1) is 10.1. The number of aromatic nitrogens is 1. The molecule has 0 amide bonds. The number of rotatable bonds is 0. The maximum absolute atomic E-state index is 5.88. The predicted molar refractivity (Wildman–Crippen MR) is 58.2 cm³/mol. The van der Waals surface area contributed by atoms with Crippen LogP contribution in [0.25, 0.3) is 12.3 Å². The van der Waals surface area contributed by atoms with Crippen LogP contribution in [0.5, 0.6) is 0 Å². The van der Waals surface area contributed by atoms with Crippen molar-refractivity contribution in [3.05, 3.63) is 39.7 Å². The van der Waals surface area contributed by atoms with Gasteiger partial charge in [-0.25, -0.2) is 4.98 Å². The fourth-order valence-corrected chi connectivity index (χ4v) is 1.55. The largest absolute Gasteiger partial charge is 0.454 e. The highest BCUT2D eigenvalue weighted by Gasteiger charge is 2.16. The van der Waals surface area contributed by atoms with Gasteiger partial charge in [-0.05, 0) is 19.1 Å². The van der Waals surface area contributed by atoms with Crippen molar-refractivity contribution in [2.75, 3.05) is 6.79 Å². The van der Waals surface area contributed by atoms with Crippen LogP contribution in [0.15, 0.2) is 24.1 Å². The van der Waals surface area contributed by atoms with E-state index in [2.05, 4.69) is 11.6 Å². The van der Waals surface area contributed by atoms with Gasteiger partial charge in [0.15, 0.2) is 11.5 Å². The van der Waals surface area contributed by atoms with Crippen molar-refractivity contribution >= 4 is 23.9 Å². The fourth-order valence-electron chi connectivity index (χ4n) is 1.39. The Hall–Kier alpha value is -1.48. The molecule has 1 aliphatic heterocycles. The van der Waals surface area contributed by atoms with E-state index >= 15 is 0 Å². The Labute approximate surface area is 92.3 Å².